The van der Waals surface area contributed by atoms with E-state index in [1.54, 1.807) is 30.3 Å². The van der Waals surface area contributed by atoms with Crippen molar-refractivity contribution in [3.63, 3.8) is 0 Å². The van der Waals surface area contributed by atoms with E-state index in [4.69, 9.17) is 23.2 Å². The molecule has 1 amide bonds. The summed E-state index contributed by atoms with van der Waals surface area (Å²) in [5, 5.41) is 3.63. The van der Waals surface area contributed by atoms with Gasteiger partial charge < -0.3 is 5.32 Å². The van der Waals surface area contributed by atoms with Crippen molar-refractivity contribution in [2.45, 2.75) is 32.2 Å². The molecule has 3 aromatic carbocycles. The van der Waals surface area contributed by atoms with Crippen molar-refractivity contribution in [3.8, 4) is 0 Å². The number of hydrogen-bond donors (Lipinski definition) is 1. The van der Waals surface area contributed by atoms with E-state index < -0.39 is 15.9 Å². The molecule has 0 spiro atoms. The topological polar surface area (TPSA) is 66.5 Å². The molecule has 0 fully saturated rings. The number of para-hydroxylation sites is 1. The molecule has 0 saturated carbocycles. The Morgan fingerprint density at radius 2 is 1.56 bits per heavy atom. The van der Waals surface area contributed by atoms with Gasteiger partial charge in [-0.15, -0.1) is 0 Å². The zero-order chi connectivity index (χ0) is 23.5. The first-order chi connectivity index (χ1) is 15.1. The zero-order valence-electron chi connectivity index (χ0n) is 18.0. The molecule has 0 radical (unpaired) electrons. The van der Waals surface area contributed by atoms with Gasteiger partial charge in [-0.25, -0.2) is 8.42 Å². The summed E-state index contributed by atoms with van der Waals surface area (Å²) in [4.78, 5) is 13.0. The van der Waals surface area contributed by atoms with Crippen LogP contribution >= 0.6 is 23.2 Å². The molecule has 0 unspecified atom stereocenters. The molecule has 1 N–H and O–H groups in total. The van der Waals surface area contributed by atoms with Crippen molar-refractivity contribution < 1.29 is 13.2 Å². The monoisotopic (exact) mass is 490 g/mol. The number of nitrogens with zero attached hydrogens (tertiary/aromatic N) is 1. The standard InChI is InChI=1S/C24H24Cl2N2O3S/c1-16-7-11-21(12-8-16)32(30,31)28(14-19-9-10-20(25)13-22(19)26)15-23(29)27-24-17(2)5-4-6-18(24)3/h4-13H,14-15H2,1-3H3,(H,27,29). The number of sulfonamides is 1. The minimum absolute atomic E-state index is 0.0770. The van der Waals surface area contributed by atoms with Crippen molar-refractivity contribution in [2.24, 2.45) is 0 Å². The second kappa shape index (κ2) is 10.0. The van der Waals surface area contributed by atoms with Crippen molar-refractivity contribution in [2.75, 3.05) is 11.9 Å². The van der Waals surface area contributed by atoms with Crippen molar-refractivity contribution >= 4 is 44.8 Å². The predicted octanol–water partition coefficient (Wildman–Crippen LogP) is 5.75. The molecule has 3 aromatic rings. The number of anilines is 1. The molecule has 0 aromatic heterocycles. The van der Waals surface area contributed by atoms with Crippen LogP contribution in [0, 0.1) is 20.8 Å². The van der Waals surface area contributed by atoms with Crippen molar-refractivity contribution in [1.82, 2.24) is 4.31 Å². The van der Waals surface area contributed by atoms with E-state index in [0.717, 1.165) is 21.0 Å². The third-order valence-corrected chi connectivity index (χ3v) is 7.48. The number of carbonyl (C=O) groups excluding carboxylic acids is 1. The number of benzene rings is 3. The van der Waals surface area contributed by atoms with E-state index in [-0.39, 0.29) is 18.0 Å². The first kappa shape index (κ1) is 24.3. The van der Waals surface area contributed by atoms with E-state index in [1.807, 2.05) is 39.0 Å². The summed E-state index contributed by atoms with van der Waals surface area (Å²) >= 11 is 12.3. The largest absolute Gasteiger partial charge is 0.324 e. The molecule has 5 nitrogen and oxygen atoms in total. The summed E-state index contributed by atoms with van der Waals surface area (Å²) in [5.74, 6) is -0.442. The third kappa shape index (κ3) is 5.70. The number of hydrogen-bond acceptors (Lipinski definition) is 3. The van der Waals surface area contributed by atoms with Gasteiger partial charge in [-0.05, 0) is 61.7 Å². The van der Waals surface area contributed by atoms with Crippen LogP contribution in [0.1, 0.15) is 22.3 Å². The third-order valence-electron chi connectivity index (χ3n) is 5.09. The van der Waals surface area contributed by atoms with Crippen LogP contribution in [0.4, 0.5) is 5.69 Å². The van der Waals surface area contributed by atoms with Crippen molar-refractivity contribution in [1.29, 1.82) is 0 Å². The summed E-state index contributed by atoms with van der Waals surface area (Å²) < 4.78 is 28.0. The normalized spacial score (nSPS) is 11.6. The number of nitrogens with one attached hydrogen (secondary N) is 1. The molecule has 3 rings (SSSR count). The second-order valence-corrected chi connectivity index (χ2v) is 10.4. The first-order valence-electron chi connectivity index (χ1n) is 9.95. The van der Waals surface area contributed by atoms with Gasteiger partial charge in [-0.3, -0.25) is 4.79 Å². The van der Waals surface area contributed by atoms with Crippen LogP contribution in [-0.2, 0) is 21.4 Å². The first-order valence-corrected chi connectivity index (χ1v) is 12.1. The number of rotatable bonds is 7. The molecular weight excluding hydrogens is 467 g/mol. The van der Waals surface area contributed by atoms with E-state index in [9.17, 15) is 13.2 Å². The highest BCUT2D eigenvalue weighted by molar-refractivity contribution is 7.89. The van der Waals surface area contributed by atoms with Gasteiger partial charge >= 0.3 is 0 Å². The fourth-order valence-corrected chi connectivity index (χ4v) is 5.12. The Hall–Kier alpha value is -2.38. The van der Waals surface area contributed by atoms with Crippen molar-refractivity contribution in [3.05, 3.63) is 93.0 Å². The van der Waals surface area contributed by atoms with Crippen LogP contribution in [0.25, 0.3) is 0 Å². The fourth-order valence-electron chi connectivity index (χ4n) is 3.28. The van der Waals surface area contributed by atoms with Gasteiger partial charge in [0.25, 0.3) is 0 Å². The van der Waals surface area contributed by atoms with Gasteiger partial charge in [0.2, 0.25) is 15.9 Å². The maximum Gasteiger partial charge on any atom is 0.243 e. The predicted molar refractivity (Wildman–Crippen MR) is 130 cm³/mol. The molecule has 0 bridgehead atoms. The summed E-state index contributed by atoms with van der Waals surface area (Å²) in [6.45, 7) is 5.20. The fraction of sp³-hybridized carbons (Fsp3) is 0.208. The molecule has 0 aliphatic carbocycles. The summed E-state index contributed by atoms with van der Waals surface area (Å²) in [6.07, 6.45) is 0. The van der Waals surface area contributed by atoms with Gasteiger partial charge in [0.1, 0.15) is 0 Å². The molecule has 0 aliphatic heterocycles. The highest BCUT2D eigenvalue weighted by Crippen LogP contribution is 2.26. The maximum absolute atomic E-state index is 13.4. The average Bonchev–Trinajstić information content (AvgIpc) is 2.72. The Kier molecular flexibility index (Phi) is 7.62. The quantitative estimate of drug-likeness (QED) is 0.458. The Morgan fingerprint density at radius 3 is 2.16 bits per heavy atom. The number of aryl methyl sites for hydroxylation is 3. The summed E-state index contributed by atoms with van der Waals surface area (Å²) in [6, 6.07) is 17.0. The molecule has 0 heterocycles. The highest BCUT2D eigenvalue weighted by atomic mass is 35.5. The lowest BCUT2D eigenvalue weighted by Crippen LogP contribution is -2.37. The lowest BCUT2D eigenvalue weighted by atomic mass is 10.1. The van der Waals surface area contributed by atoms with Gasteiger partial charge in [-0.1, -0.05) is 65.2 Å². The van der Waals surface area contributed by atoms with Crippen LogP contribution in [0.3, 0.4) is 0 Å². The van der Waals surface area contributed by atoms with Crippen LogP contribution in [0.2, 0.25) is 10.0 Å². The number of carbonyl (C=O) groups is 1. The summed E-state index contributed by atoms with van der Waals surface area (Å²) in [7, 11) is -3.97. The lowest BCUT2D eigenvalue weighted by Gasteiger charge is -2.23. The van der Waals surface area contributed by atoms with E-state index in [0.29, 0.717) is 21.3 Å². The SMILES string of the molecule is Cc1ccc(S(=O)(=O)N(CC(=O)Nc2c(C)cccc2C)Cc2ccc(Cl)cc2Cl)cc1. The zero-order valence-corrected chi connectivity index (χ0v) is 20.4. The minimum atomic E-state index is -3.97. The Morgan fingerprint density at radius 1 is 0.938 bits per heavy atom. The van der Waals surface area contributed by atoms with E-state index in [1.165, 1.54) is 12.1 Å². The Balaban J connectivity index is 1.94. The van der Waals surface area contributed by atoms with Crippen LogP contribution < -0.4 is 5.32 Å². The lowest BCUT2D eigenvalue weighted by molar-refractivity contribution is -0.116. The molecule has 32 heavy (non-hydrogen) atoms. The maximum atomic E-state index is 13.4. The Labute approximate surface area is 199 Å². The molecule has 8 heteroatoms. The van der Waals surface area contributed by atoms with Gasteiger partial charge in [0.05, 0.1) is 11.4 Å². The van der Waals surface area contributed by atoms with E-state index in [2.05, 4.69) is 5.32 Å². The van der Waals surface area contributed by atoms with Crippen LogP contribution in [-0.4, -0.2) is 25.2 Å². The number of amides is 1. The van der Waals surface area contributed by atoms with Crippen LogP contribution in [0.5, 0.6) is 0 Å². The molecular formula is C24H24Cl2N2O3S. The highest BCUT2D eigenvalue weighted by Gasteiger charge is 2.28. The minimum Gasteiger partial charge on any atom is -0.324 e. The van der Waals surface area contributed by atoms with E-state index >= 15 is 0 Å². The number of halogens is 2. The molecule has 168 valence electrons. The molecule has 0 aliphatic rings. The molecule has 0 saturated heterocycles. The van der Waals surface area contributed by atoms with Gasteiger partial charge in [0.15, 0.2) is 0 Å². The average molecular weight is 491 g/mol. The second-order valence-electron chi connectivity index (χ2n) is 7.64. The molecule has 0 atom stereocenters. The van der Waals surface area contributed by atoms with Gasteiger partial charge in [-0.2, -0.15) is 4.31 Å². The summed E-state index contributed by atoms with van der Waals surface area (Å²) in [5.41, 5.74) is 3.95. The van der Waals surface area contributed by atoms with Crippen LogP contribution in [0.15, 0.2) is 65.6 Å². The smallest absolute Gasteiger partial charge is 0.243 e. The van der Waals surface area contributed by atoms with Gasteiger partial charge in [0, 0.05) is 22.3 Å². The Bertz CT molecular complexity index is 1220.